The first kappa shape index (κ1) is 11.6. The average Bonchev–Trinajstić information content (AvgIpc) is 2.15. The Morgan fingerprint density at radius 3 is 2.44 bits per heavy atom. The number of aromatic carboxylic acids is 1. The number of amides is 1. The molecule has 1 aromatic rings. The van der Waals surface area contributed by atoms with Crippen molar-refractivity contribution in [3.8, 4) is 0 Å². The van der Waals surface area contributed by atoms with Crippen LogP contribution in [0.1, 0.15) is 17.3 Å². The van der Waals surface area contributed by atoms with E-state index < -0.39 is 16.8 Å². The second-order valence-corrected chi connectivity index (χ2v) is 2.96. The van der Waals surface area contributed by atoms with E-state index in [0.29, 0.717) is 0 Å². The van der Waals surface area contributed by atoms with Gasteiger partial charge in [-0.3, -0.25) is 14.9 Å². The van der Waals surface area contributed by atoms with Gasteiger partial charge >= 0.3 is 0 Å². The molecule has 0 bridgehead atoms. The molecule has 7 heteroatoms. The van der Waals surface area contributed by atoms with E-state index in [1.54, 1.807) is 0 Å². The van der Waals surface area contributed by atoms with Crippen LogP contribution in [0.2, 0.25) is 0 Å². The zero-order chi connectivity index (χ0) is 12.3. The number of nitrogens with one attached hydrogen (secondary N) is 1. The van der Waals surface area contributed by atoms with Crippen molar-refractivity contribution in [1.29, 1.82) is 0 Å². The smallest absolute Gasteiger partial charge is 0.271 e. The van der Waals surface area contributed by atoms with E-state index in [1.165, 1.54) is 0 Å². The Labute approximate surface area is 89.8 Å². The lowest BCUT2D eigenvalue weighted by Gasteiger charge is -2.09. The molecule has 84 valence electrons. The van der Waals surface area contributed by atoms with Gasteiger partial charge in [0.05, 0.1) is 16.6 Å². The zero-order valence-electron chi connectivity index (χ0n) is 8.22. The van der Waals surface area contributed by atoms with Gasteiger partial charge in [0.15, 0.2) is 0 Å². The van der Waals surface area contributed by atoms with Crippen LogP contribution in [0.4, 0.5) is 11.4 Å². The molecule has 1 aromatic carbocycles. The largest absolute Gasteiger partial charge is 0.545 e. The Morgan fingerprint density at radius 1 is 1.38 bits per heavy atom. The van der Waals surface area contributed by atoms with E-state index in [0.717, 1.165) is 25.1 Å². The molecule has 1 N–H and O–H groups in total. The number of nitro benzene ring substituents is 1. The van der Waals surface area contributed by atoms with Crippen molar-refractivity contribution in [2.45, 2.75) is 6.92 Å². The number of anilines is 1. The van der Waals surface area contributed by atoms with Crippen molar-refractivity contribution in [3.05, 3.63) is 33.9 Å². The molecule has 0 aliphatic rings. The number of carbonyl (C=O) groups is 2. The summed E-state index contributed by atoms with van der Waals surface area (Å²) in [7, 11) is 0. The number of carboxylic acid groups (broad SMARTS) is 1. The van der Waals surface area contributed by atoms with Crippen LogP contribution in [-0.2, 0) is 4.79 Å². The predicted molar refractivity (Wildman–Crippen MR) is 51.7 cm³/mol. The van der Waals surface area contributed by atoms with E-state index in [2.05, 4.69) is 5.32 Å². The molecule has 0 fully saturated rings. The lowest BCUT2D eigenvalue weighted by atomic mass is 10.1. The monoisotopic (exact) mass is 223 g/mol. The molecule has 0 aromatic heterocycles. The summed E-state index contributed by atoms with van der Waals surface area (Å²) in [5, 5.41) is 23.3. The average molecular weight is 223 g/mol. The molecule has 0 unspecified atom stereocenters. The summed E-state index contributed by atoms with van der Waals surface area (Å²) in [5.41, 5.74) is -0.767. The highest BCUT2D eigenvalue weighted by Gasteiger charge is 2.12. The molecule has 16 heavy (non-hydrogen) atoms. The molecule has 0 atom stereocenters. The van der Waals surface area contributed by atoms with E-state index >= 15 is 0 Å². The first-order chi connectivity index (χ1) is 7.41. The first-order valence-electron chi connectivity index (χ1n) is 4.19. The molecule has 0 saturated heterocycles. The van der Waals surface area contributed by atoms with Crippen molar-refractivity contribution < 1.29 is 19.6 Å². The maximum absolute atomic E-state index is 10.8. The fourth-order valence-corrected chi connectivity index (χ4v) is 1.12. The van der Waals surface area contributed by atoms with E-state index in [-0.39, 0.29) is 16.9 Å². The van der Waals surface area contributed by atoms with Gasteiger partial charge in [-0.15, -0.1) is 0 Å². The van der Waals surface area contributed by atoms with Gasteiger partial charge in [-0.05, 0) is 6.07 Å². The molecule has 0 aliphatic heterocycles. The van der Waals surface area contributed by atoms with Crippen molar-refractivity contribution >= 4 is 23.3 Å². The normalized spacial score (nSPS) is 9.56. The van der Waals surface area contributed by atoms with E-state index in [9.17, 15) is 24.8 Å². The molecule has 0 aliphatic carbocycles. The molecular weight excluding hydrogens is 216 g/mol. The van der Waals surface area contributed by atoms with Crippen LogP contribution in [0.15, 0.2) is 18.2 Å². The first-order valence-corrected chi connectivity index (χ1v) is 4.19. The number of hydrogen-bond acceptors (Lipinski definition) is 5. The van der Waals surface area contributed by atoms with Gasteiger partial charge in [0.2, 0.25) is 5.91 Å². The van der Waals surface area contributed by atoms with Crippen molar-refractivity contribution in [2.75, 3.05) is 5.32 Å². The number of hydrogen-bond donors (Lipinski definition) is 1. The third-order valence-electron chi connectivity index (χ3n) is 1.74. The van der Waals surface area contributed by atoms with Crippen LogP contribution in [0, 0.1) is 10.1 Å². The number of non-ortho nitro benzene ring substituents is 1. The Hall–Kier alpha value is -2.44. The molecule has 1 amide bonds. The molecular formula is C9H7N2O5-. The van der Waals surface area contributed by atoms with E-state index in [1.807, 2.05) is 0 Å². The summed E-state index contributed by atoms with van der Waals surface area (Å²) in [6.07, 6.45) is 0. The van der Waals surface area contributed by atoms with Gasteiger partial charge in [-0.1, -0.05) is 0 Å². The Kier molecular flexibility index (Phi) is 3.19. The van der Waals surface area contributed by atoms with Gasteiger partial charge in [-0.25, -0.2) is 0 Å². The summed E-state index contributed by atoms with van der Waals surface area (Å²) in [6, 6.07) is 3.00. The van der Waals surface area contributed by atoms with Crippen LogP contribution < -0.4 is 10.4 Å². The van der Waals surface area contributed by atoms with Crippen LogP contribution in [0.5, 0.6) is 0 Å². The molecule has 0 spiro atoms. The van der Waals surface area contributed by atoms with Gasteiger partial charge in [-0.2, -0.15) is 0 Å². The minimum atomic E-state index is -1.52. The van der Waals surface area contributed by atoms with Crippen LogP contribution in [0.3, 0.4) is 0 Å². The maximum atomic E-state index is 10.8. The highest BCUT2D eigenvalue weighted by molar-refractivity contribution is 5.99. The highest BCUT2D eigenvalue weighted by Crippen LogP contribution is 2.22. The molecule has 0 radical (unpaired) electrons. The lowest BCUT2D eigenvalue weighted by molar-refractivity contribution is -0.384. The van der Waals surface area contributed by atoms with E-state index in [4.69, 9.17) is 0 Å². The minimum Gasteiger partial charge on any atom is -0.545 e. The predicted octanol–water partition coefficient (Wildman–Crippen LogP) is -0.0833. The van der Waals surface area contributed by atoms with Gasteiger partial charge in [0.1, 0.15) is 0 Å². The quantitative estimate of drug-likeness (QED) is 0.568. The summed E-state index contributed by atoms with van der Waals surface area (Å²) in [4.78, 5) is 31.2. The number of rotatable bonds is 3. The number of benzene rings is 1. The summed E-state index contributed by atoms with van der Waals surface area (Å²) in [6.45, 7) is 1.16. The number of carboxylic acids is 1. The maximum Gasteiger partial charge on any atom is 0.271 e. The zero-order valence-corrected chi connectivity index (χ0v) is 8.22. The molecule has 0 saturated carbocycles. The third kappa shape index (κ3) is 2.53. The van der Waals surface area contributed by atoms with Crippen molar-refractivity contribution in [1.82, 2.24) is 0 Å². The van der Waals surface area contributed by atoms with Gasteiger partial charge in [0.25, 0.3) is 5.69 Å². The molecule has 7 nitrogen and oxygen atoms in total. The van der Waals surface area contributed by atoms with Gasteiger partial charge < -0.3 is 15.2 Å². The van der Waals surface area contributed by atoms with Gasteiger partial charge in [0, 0.05) is 24.6 Å². The number of nitrogens with zero attached hydrogens (tertiary/aromatic N) is 1. The fraction of sp³-hybridized carbons (Fsp3) is 0.111. The Morgan fingerprint density at radius 2 is 2.00 bits per heavy atom. The third-order valence-corrected chi connectivity index (χ3v) is 1.74. The Bertz CT molecular complexity index is 469. The number of carbonyl (C=O) groups excluding carboxylic acids is 2. The summed E-state index contributed by atoms with van der Waals surface area (Å²) in [5.74, 6) is -2.04. The Balaban J connectivity index is 3.26. The van der Waals surface area contributed by atoms with Crippen LogP contribution >= 0.6 is 0 Å². The second-order valence-electron chi connectivity index (χ2n) is 2.96. The lowest BCUT2D eigenvalue weighted by Crippen LogP contribution is -2.24. The molecule has 0 heterocycles. The van der Waals surface area contributed by atoms with Crippen molar-refractivity contribution in [2.24, 2.45) is 0 Å². The molecule has 1 rings (SSSR count). The minimum absolute atomic E-state index is 0.151. The van der Waals surface area contributed by atoms with Crippen LogP contribution in [0.25, 0.3) is 0 Å². The topological polar surface area (TPSA) is 112 Å². The standard InChI is InChI=1S/C9H8N2O5/c1-5(12)10-8-4-6(11(15)16)2-3-7(8)9(13)14/h2-4H,1H3,(H,10,12)(H,13,14)/p-1. The second kappa shape index (κ2) is 4.39. The summed E-state index contributed by atoms with van der Waals surface area (Å²) >= 11 is 0. The highest BCUT2D eigenvalue weighted by atomic mass is 16.6. The SMILES string of the molecule is CC(=O)Nc1cc([N+](=O)[O-])ccc1C(=O)[O-]. The van der Waals surface area contributed by atoms with Crippen molar-refractivity contribution in [3.63, 3.8) is 0 Å². The fourth-order valence-electron chi connectivity index (χ4n) is 1.12. The number of nitro groups is 1. The summed E-state index contributed by atoms with van der Waals surface area (Å²) < 4.78 is 0. The van der Waals surface area contributed by atoms with Crippen LogP contribution in [-0.4, -0.2) is 16.8 Å².